The van der Waals surface area contributed by atoms with Crippen LogP contribution in [0.3, 0.4) is 0 Å². The first-order chi connectivity index (χ1) is 10.2. The number of nitrogens with zero attached hydrogens (tertiary/aromatic N) is 2. The van der Waals surface area contributed by atoms with Crippen molar-refractivity contribution >= 4 is 5.69 Å². The molecule has 0 aliphatic carbocycles. The molecular formula is C18H23N3. The largest absolute Gasteiger partial charge is 0.378 e. The van der Waals surface area contributed by atoms with Gasteiger partial charge in [-0.1, -0.05) is 36.4 Å². The summed E-state index contributed by atoms with van der Waals surface area (Å²) >= 11 is 0. The lowest BCUT2D eigenvalue weighted by atomic mass is 10.0. The fourth-order valence-corrected chi connectivity index (χ4v) is 3.10. The lowest BCUT2D eigenvalue weighted by Crippen LogP contribution is -2.27. The van der Waals surface area contributed by atoms with E-state index in [1.165, 1.54) is 22.4 Å². The van der Waals surface area contributed by atoms with Gasteiger partial charge in [0.15, 0.2) is 0 Å². The van der Waals surface area contributed by atoms with Crippen molar-refractivity contribution in [2.45, 2.75) is 19.1 Å². The Labute approximate surface area is 127 Å². The van der Waals surface area contributed by atoms with Gasteiger partial charge in [-0.2, -0.15) is 0 Å². The van der Waals surface area contributed by atoms with Gasteiger partial charge >= 0.3 is 0 Å². The van der Waals surface area contributed by atoms with E-state index in [1.807, 2.05) is 0 Å². The molecule has 1 aliphatic rings. The minimum Gasteiger partial charge on any atom is -0.378 e. The van der Waals surface area contributed by atoms with E-state index in [1.54, 1.807) is 0 Å². The van der Waals surface area contributed by atoms with Crippen LogP contribution in [0.15, 0.2) is 48.5 Å². The topological polar surface area (TPSA) is 32.5 Å². The molecule has 0 aromatic heterocycles. The Balaban J connectivity index is 1.86. The quantitative estimate of drug-likeness (QED) is 0.935. The maximum absolute atomic E-state index is 6.06. The summed E-state index contributed by atoms with van der Waals surface area (Å²) in [6.45, 7) is 2.60. The Morgan fingerprint density at radius 2 is 1.90 bits per heavy atom. The minimum atomic E-state index is 0.320. The second-order valence-electron chi connectivity index (χ2n) is 5.92. The highest BCUT2D eigenvalue weighted by molar-refractivity contribution is 5.52. The molecular weight excluding hydrogens is 258 g/mol. The Kier molecular flexibility index (Phi) is 3.95. The van der Waals surface area contributed by atoms with Crippen molar-refractivity contribution in [3.8, 4) is 0 Å². The van der Waals surface area contributed by atoms with E-state index < -0.39 is 0 Å². The van der Waals surface area contributed by atoms with Crippen LogP contribution in [0.25, 0.3) is 0 Å². The molecule has 0 saturated heterocycles. The van der Waals surface area contributed by atoms with Crippen molar-refractivity contribution < 1.29 is 0 Å². The fraction of sp³-hybridized carbons (Fsp3) is 0.333. The van der Waals surface area contributed by atoms with Crippen LogP contribution >= 0.6 is 0 Å². The van der Waals surface area contributed by atoms with Gasteiger partial charge in [0.1, 0.15) is 0 Å². The zero-order valence-corrected chi connectivity index (χ0v) is 12.8. The summed E-state index contributed by atoms with van der Waals surface area (Å²) in [7, 11) is 4.16. The van der Waals surface area contributed by atoms with Gasteiger partial charge in [-0.3, -0.25) is 4.90 Å². The van der Waals surface area contributed by atoms with Crippen molar-refractivity contribution in [2.75, 3.05) is 25.5 Å². The highest BCUT2D eigenvalue weighted by atomic mass is 15.2. The molecule has 1 aliphatic heterocycles. The number of hydrogen-bond acceptors (Lipinski definition) is 3. The predicted molar refractivity (Wildman–Crippen MR) is 88.3 cm³/mol. The van der Waals surface area contributed by atoms with Crippen molar-refractivity contribution in [2.24, 2.45) is 5.73 Å². The van der Waals surface area contributed by atoms with Gasteiger partial charge in [0.25, 0.3) is 0 Å². The molecule has 110 valence electrons. The summed E-state index contributed by atoms with van der Waals surface area (Å²) in [5, 5.41) is 0. The molecule has 2 aromatic rings. The molecule has 1 unspecified atom stereocenters. The molecule has 1 heterocycles. The smallest absolute Gasteiger partial charge is 0.0481 e. The summed E-state index contributed by atoms with van der Waals surface area (Å²) in [5.41, 5.74) is 11.4. The highest BCUT2D eigenvalue weighted by Gasteiger charge is 2.29. The van der Waals surface area contributed by atoms with Gasteiger partial charge < -0.3 is 10.6 Å². The standard InChI is InChI=1S/C18H23N3/c1-20(2)16-9-8-15-13-21(18(11-19)17(15)10-16)12-14-6-4-3-5-7-14/h3-10,18H,11-13,19H2,1-2H3. The predicted octanol–water partition coefficient (Wildman–Crippen LogP) is 2.77. The third-order valence-corrected chi connectivity index (χ3v) is 4.27. The fourth-order valence-electron chi connectivity index (χ4n) is 3.10. The van der Waals surface area contributed by atoms with E-state index in [4.69, 9.17) is 5.73 Å². The van der Waals surface area contributed by atoms with Crippen LogP contribution in [0, 0.1) is 0 Å². The molecule has 0 bridgehead atoms. The number of fused-ring (bicyclic) bond motifs is 1. The maximum Gasteiger partial charge on any atom is 0.0481 e. The van der Waals surface area contributed by atoms with Crippen molar-refractivity contribution in [3.63, 3.8) is 0 Å². The number of hydrogen-bond donors (Lipinski definition) is 1. The average Bonchev–Trinajstić information content (AvgIpc) is 2.84. The zero-order chi connectivity index (χ0) is 14.8. The molecule has 0 spiro atoms. The zero-order valence-electron chi connectivity index (χ0n) is 12.8. The van der Waals surface area contributed by atoms with Crippen molar-refractivity contribution in [3.05, 3.63) is 65.2 Å². The van der Waals surface area contributed by atoms with Gasteiger partial charge in [-0.25, -0.2) is 0 Å². The molecule has 1 atom stereocenters. The normalized spacial score (nSPS) is 17.8. The van der Waals surface area contributed by atoms with Crippen LogP contribution < -0.4 is 10.6 Å². The lowest BCUT2D eigenvalue weighted by Gasteiger charge is -2.24. The minimum absolute atomic E-state index is 0.320. The molecule has 3 heteroatoms. The molecule has 3 rings (SSSR count). The molecule has 2 N–H and O–H groups in total. The van der Waals surface area contributed by atoms with Crippen molar-refractivity contribution in [1.29, 1.82) is 0 Å². The van der Waals surface area contributed by atoms with Crippen LogP contribution in [0.4, 0.5) is 5.69 Å². The van der Waals surface area contributed by atoms with Crippen LogP contribution in [0.2, 0.25) is 0 Å². The second kappa shape index (κ2) is 5.88. The van der Waals surface area contributed by atoms with Gasteiger partial charge in [0.05, 0.1) is 0 Å². The highest BCUT2D eigenvalue weighted by Crippen LogP contribution is 2.36. The molecule has 21 heavy (non-hydrogen) atoms. The number of anilines is 1. The molecule has 0 radical (unpaired) electrons. The van der Waals surface area contributed by atoms with E-state index in [0.29, 0.717) is 12.6 Å². The molecule has 3 nitrogen and oxygen atoms in total. The van der Waals surface area contributed by atoms with E-state index in [0.717, 1.165) is 13.1 Å². The maximum atomic E-state index is 6.06. The third kappa shape index (κ3) is 2.80. The molecule has 0 amide bonds. The van der Waals surface area contributed by atoms with Gasteiger partial charge in [0, 0.05) is 45.5 Å². The summed E-state index contributed by atoms with van der Waals surface area (Å²) in [6, 6.07) is 17.7. The van der Waals surface area contributed by atoms with E-state index in [9.17, 15) is 0 Å². The Hall–Kier alpha value is -1.84. The van der Waals surface area contributed by atoms with Crippen LogP contribution in [-0.2, 0) is 13.1 Å². The molecule has 0 fully saturated rings. The Bertz CT molecular complexity index is 607. The van der Waals surface area contributed by atoms with Gasteiger partial charge in [0.2, 0.25) is 0 Å². The summed E-state index contributed by atoms with van der Waals surface area (Å²) in [5.74, 6) is 0. The first-order valence-electron chi connectivity index (χ1n) is 7.47. The monoisotopic (exact) mass is 281 g/mol. The van der Waals surface area contributed by atoms with Gasteiger partial charge in [-0.15, -0.1) is 0 Å². The molecule has 2 aromatic carbocycles. The summed E-state index contributed by atoms with van der Waals surface area (Å²) in [6.07, 6.45) is 0. The first kappa shape index (κ1) is 14.1. The lowest BCUT2D eigenvalue weighted by molar-refractivity contribution is 0.211. The number of nitrogens with two attached hydrogens (primary N) is 1. The molecule has 0 saturated carbocycles. The van der Waals surface area contributed by atoms with E-state index in [-0.39, 0.29) is 0 Å². The number of rotatable bonds is 4. The summed E-state index contributed by atoms with van der Waals surface area (Å²) < 4.78 is 0. The summed E-state index contributed by atoms with van der Waals surface area (Å²) in [4.78, 5) is 4.62. The van der Waals surface area contributed by atoms with Crippen LogP contribution in [-0.4, -0.2) is 25.5 Å². The van der Waals surface area contributed by atoms with Crippen LogP contribution in [0.1, 0.15) is 22.7 Å². The number of benzene rings is 2. The second-order valence-corrected chi connectivity index (χ2v) is 5.92. The first-order valence-corrected chi connectivity index (χ1v) is 7.47. The Morgan fingerprint density at radius 3 is 2.57 bits per heavy atom. The van der Waals surface area contributed by atoms with E-state index in [2.05, 4.69) is 72.4 Å². The SMILES string of the molecule is CN(C)c1ccc2c(c1)C(CN)N(Cc1ccccc1)C2. The van der Waals surface area contributed by atoms with Crippen molar-refractivity contribution in [1.82, 2.24) is 4.90 Å². The van der Waals surface area contributed by atoms with E-state index >= 15 is 0 Å². The average molecular weight is 281 g/mol. The van der Waals surface area contributed by atoms with Crippen LogP contribution in [0.5, 0.6) is 0 Å². The Morgan fingerprint density at radius 1 is 1.14 bits per heavy atom. The van der Waals surface area contributed by atoms with Gasteiger partial charge in [-0.05, 0) is 28.8 Å². The third-order valence-electron chi connectivity index (χ3n) is 4.27.